The van der Waals surface area contributed by atoms with Crippen LogP contribution in [-0.4, -0.2) is 6.04 Å². The van der Waals surface area contributed by atoms with Crippen molar-refractivity contribution in [1.29, 1.82) is 5.26 Å². The van der Waals surface area contributed by atoms with Crippen LogP contribution < -0.4 is 10.5 Å². The molecule has 0 bridgehead atoms. The van der Waals surface area contributed by atoms with Crippen molar-refractivity contribution in [2.24, 2.45) is 5.73 Å². The van der Waals surface area contributed by atoms with E-state index < -0.39 is 0 Å². The van der Waals surface area contributed by atoms with Crippen molar-refractivity contribution in [2.75, 3.05) is 0 Å². The number of ether oxygens (including phenoxy) is 1. The monoisotopic (exact) mass is 300 g/mol. The number of halogens is 1. The summed E-state index contributed by atoms with van der Waals surface area (Å²) in [4.78, 5) is 0. The number of nitrogens with two attached hydrogens (primary N) is 1. The summed E-state index contributed by atoms with van der Waals surface area (Å²) >= 11 is 6.26. The quantitative estimate of drug-likeness (QED) is 0.905. The number of rotatable bonds is 5. The number of nitriles is 1. The van der Waals surface area contributed by atoms with E-state index in [1.54, 1.807) is 24.3 Å². The van der Waals surface area contributed by atoms with Gasteiger partial charge in [0.2, 0.25) is 0 Å². The highest BCUT2D eigenvalue weighted by atomic mass is 35.5. The maximum Gasteiger partial charge on any atom is 0.140 e. The van der Waals surface area contributed by atoms with E-state index in [9.17, 15) is 0 Å². The van der Waals surface area contributed by atoms with Gasteiger partial charge in [0.25, 0.3) is 0 Å². The molecule has 2 unspecified atom stereocenters. The fraction of sp³-hybridized carbons (Fsp3) is 0.235. The predicted molar refractivity (Wildman–Crippen MR) is 84.2 cm³/mol. The first kappa shape index (κ1) is 15.4. The van der Waals surface area contributed by atoms with Gasteiger partial charge in [0.15, 0.2) is 0 Å². The first-order valence-corrected chi connectivity index (χ1v) is 7.20. The van der Waals surface area contributed by atoms with Gasteiger partial charge in [0.1, 0.15) is 11.9 Å². The Bertz CT molecular complexity index is 634. The largest absolute Gasteiger partial charge is 0.484 e. The van der Waals surface area contributed by atoms with Gasteiger partial charge in [-0.3, -0.25) is 0 Å². The molecule has 0 aliphatic carbocycles. The van der Waals surface area contributed by atoms with Gasteiger partial charge in [-0.05, 0) is 36.8 Å². The summed E-state index contributed by atoms with van der Waals surface area (Å²) in [5, 5.41) is 9.46. The fourth-order valence-electron chi connectivity index (χ4n) is 2.06. The molecule has 0 aliphatic heterocycles. The highest BCUT2D eigenvalue weighted by Crippen LogP contribution is 2.30. The molecule has 2 aromatic carbocycles. The molecule has 0 fully saturated rings. The molecule has 0 heterocycles. The van der Waals surface area contributed by atoms with Crippen LogP contribution in [-0.2, 0) is 0 Å². The molecular formula is C17H17ClN2O. The molecule has 4 heteroatoms. The average Bonchev–Trinajstić information content (AvgIpc) is 2.53. The van der Waals surface area contributed by atoms with Crippen LogP contribution in [0.25, 0.3) is 0 Å². The number of nitrogens with zero attached hydrogens (tertiary/aromatic N) is 1. The Labute approximate surface area is 129 Å². The standard InChI is InChI=1S/C17H17ClN2O/c1-2-16(20)17(14-5-3-4-6-15(14)18)21-13-9-7-12(11-19)8-10-13/h3-10,16-17H,2,20H2,1H3. The van der Waals surface area contributed by atoms with Crippen LogP contribution >= 0.6 is 11.6 Å². The zero-order valence-corrected chi connectivity index (χ0v) is 12.5. The highest BCUT2D eigenvalue weighted by molar-refractivity contribution is 6.31. The third kappa shape index (κ3) is 3.75. The van der Waals surface area contributed by atoms with Gasteiger partial charge in [0.05, 0.1) is 11.6 Å². The lowest BCUT2D eigenvalue weighted by atomic mass is 10.0. The van der Waals surface area contributed by atoms with Crippen molar-refractivity contribution < 1.29 is 4.74 Å². The summed E-state index contributed by atoms with van der Waals surface area (Å²) in [5.41, 5.74) is 7.65. The summed E-state index contributed by atoms with van der Waals surface area (Å²) < 4.78 is 6.01. The molecular weight excluding hydrogens is 284 g/mol. The van der Waals surface area contributed by atoms with E-state index >= 15 is 0 Å². The van der Waals surface area contributed by atoms with Crippen molar-refractivity contribution in [3.05, 3.63) is 64.7 Å². The van der Waals surface area contributed by atoms with Crippen molar-refractivity contribution in [3.8, 4) is 11.8 Å². The molecule has 2 N–H and O–H groups in total. The summed E-state index contributed by atoms with van der Waals surface area (Å²) in [7, 11) is 0. The Balaban J connectivity index is 2.29. The Hall–Kier alpha value is -2.02. The molecule has 21 heavy (non-hydrogen) atoms. The van der Waals surface area contributed by atoms with Crippen LogP contribution in [0.15, 0.2) is 48.5 Å². The zero-order chi connectivity index (χ0) is 15.2. The molecule has 0 spiro atoms. The lowest BCUT2D eigenvalue weighted by molar-refractivity contribution is 0.171. The Morgan fingerprint density at radius 2 is 1.86 bits per heavy atom. The fourth-order valence-corrected chi connectivity index (χ4v) is 2.30. The second kappa shape index (κ2) is 7.12. The van der Waals surface area contributed by atoms with Gasteiger partial charge in [-0.1, -0.05) is 36.7 Å². The number of hydrogen-bond donors (Lipinski definition) is 1. The first-order valence-electron chi connectivity index (χ1n) is 6.82. The van der Waals surface area contributed by atoms with Crippen LogP contribution in [0.3, 0.4) is 0 Å². The number of hydrogen-bond acceptors (Lipinski definition) is 3. The molecule has 2 rings (SSSR count). The van der Waals surface area contributed by atoms with Crippen LogP contribution in [0.1, 0.15) is 30.6 Å². The summed E-state index contributed by atoms with van der Waals surface area (Å²) in [6.45, 7) is 2.01. The smallest absolute Gasteiger partial charge is 0.140 e. The average molecular weight is 301 g/mol. The van der Waals surface area contributed by atoms with E-state index in [-0.39, 0.29) is 12.1 Å². The molecule has 0 aromatic heterocycles. The second-order valence-corrected chi connectivity index (χ2v) is 5.18. The van der Waals surface area contributed by atoms with Crippen LogP contribution in [0.4, 0.5) is 0 Å². The summed E-state index contributed by atoms with van der Waals surface area (Å²) in [5.74, 6) is 0.669. The van der Waals surface area contributed by atoms with Crippen molar-refractivity contribution in [3.63, 3.8) is 0 Å². The molecule has 2 atom stereocenters. The van der Waals surface area contributed by atoms with Gasteiger partial charge < -0.3 is 10.5 Å². The van der Waals surface area contributed by atoms with E-state index in [1.807, 2.05) is 31.2 Å². The maximum atomic E-state index is 8.82. The SMILES string of the molecule is CCC(N)C(Oc1ccc(C#N)cc1)c1ccccc1Cl. The minimum absolute atomic E-state index is 0.166. The molecule has 0 saturated heterocycles. The second-order valence-electron chi connectivity index (χ2n) is 4.77. The molecule has 2 aromatic rings. The first-order chi connectivity index (χ1) is 10.2. The van der Waals surface area contributed by atoms with Gasteiger partial charge in [0, 0.05) is 16.6 Å². The molecule has 0 aliphatic rings. The minimum atomic E-state index is -0.323. The van der Waals surface area contributed by atoms with Crippen LogP contribution in [0, 0.1) is 11.3 Å². The highest BCUT2D eigenvalue weighted by Gasteiger charge is 2.22. The lowest BCUT2D eigenvalue weighted by Gasteiger charge is -2.25. The Morgan fingerprint density at radius 3 is 2.43 bits per heavy atom. The number of benzene rings is 2. The third-order valence-electron chi connectivity index (χ3n) is 3.32. The predicted octanol–water partition coefficient (Wildman–Crippen LogP) is 4.07. The van der Waals surface area contributed by atoms with Crippen LogP contribution in [0.5, 0.6) is 5.75 Å². The summed E-state index contributed by atoms with van der Waals surface area (Å²) in [6.07, 6.45) is 0.447. The van der Waals surface area contributed by atoms with Gasteiger partial charge >= 0.3 is 0 Å². The van der Waals surface area contributed by atoms with Gasteiger partial charge in [-0.2, -0.15) is 5.26 Å². The molecule has 108 valence electrons. The molecule has 0 saturated carbocycles. The topological polar surface area (TPSA) is 59.0 Å². The Kier molecular flexibility index (Phi) is 5.21. The Morgan fingerprint density at radius 1 is 1.19 bits per heavy atom. The molecule has 3 nitrogen and oxygen atoms in total. The van der Waals surface area contributed by atoms with E-state index in [0.717, 1.165) is 12.0 Å². The van der Waals surface area contributed by atoms with E-state index in [4.69, 9.17) is 27.3 Å². The summed E-state index contributed by atoms with van der Waals surface area (Å²) in [6, 6.07) is 16.4. The molecule has 0 amide bonds. The lowest BCUT2D eigenvalue weighted by Crippen LogP contribution is -2.31. The van der Waals surface area contributed by atoms with Crippen molar-refractivity contribution in [2.45, 2.75) is 25.5 Å². The van der Waals surface area contributed by atoms with E-state index in [0.29, 0.717) is 16.3 Å². The van der Waals surface area contributed by atoms with Crippen molar-refractivity contribution in [1.82, 2.24) is 0 Å². The van der Waals surface area contributed by atoms with Gasteiger partial charge in [-0.25, -0.2) is 0 Å². The van der Waals surface area contributed by atoms with Gasteiger partial charge in [-0.15, -0.1) is 0 Å². The van der Waals surface area contributed by atoms with Crippen LogP contribution in [0.2, 0.25) is 5.02 Å². The minimum Gasteiger partial charge on any atom is -0.484 e. The van der Waals surface area contributed by atoms with E-state index in [2.05, 4.69) is 6.07 Å². The van der Waals surface area contributed by atoms with E-state index in [1.165, 1.54) is 0 Å². The van der Waals surface area contributed by atoms with Crippen molar-refractivity contribution >= 4 is 11.6 Å². The zero-order valence-electron chi connectivity index (χ0n) is 11.8. The third-order valence-corrected chi connectivity index (χ3v) is 3.66. The normalized spacial score (nSPS) is 13.2. The molecule has 0 radical (unpaired) electrons. The maximum absolute atomic E-state index is 8.82.